The lowest BCUT2D eigenvalue weighted by Crippen LogP contribution is -2.03. The molecule has 0 aliphatic carbocycles. The van der Waals surface area contributed by atoms with Gasteiger partial charge >= 0.3 is 0 Å². The fourth-order valence-corrected chi connectivity index (χ4v) is 7.27. The Bertz CT molecular complexity index is 2820. The quantitative estimate of drug-likeness (QED) is 0.198. The van der Waals surface area contributed by atoms with Crippen LogP contribution in [0.4, 0.5) is 0 Å². The number of rotatable bonds is 4. The van der Waals surface area contributed by atoms with Crippen LogP contribution >= 0.6 is 0 Å². The maximum Gasteiger partial charge on any atom is 0.235 e. The van der Waals surface area contributed by atoms with Crippen LogP contribution in [0.1, 0.15) is 0 Å². The molecule has 0 spiro atoms. The van der Waals surface area contributed by atoms with E-state index in [9.17, 15) is 0 Å². The van der Waals surface area contributed by atoms with E-state index in [1.165, 1.54) is 32.7 Å². The van der Waals surface area contributed by atoms with E-state index in [1.807, 2.05) is 0 Å². The van der Waals surface area contributed by atoms with Crippen molar-refractivity contribution in [3.05, 3.63) is 170 Å². The van der Waals surface area contributed by atoms with Crippen molar-refractivity contribution in [2.75, 3.05) is 0 Å². The Labute approximate surface area is 276 Å². The molecule has 224 valence electrons. The zero-order chi connectivity index (χ0) is 31.6. The topological polar surface area (TPSA) is 35.6 Å². The standard InChI is InChI=1S/C44H28N4/c1-2-12-34(13-3-1)47-27-26-38-40(47)25-24-36-35-14-7-9-17-41(35)48(43(36)38)44-45-39-16-8-6-15-37(39)42(46-44)31-21-18-30(19-22-31)33-23-20-29-10-4-5-11-32(29)28-33/h1-28H. The van der Waals surface area contributed by atoms with Crippen molar-refractivity contribution >= 4 is 54.4 Å². The van der Waals surface area contributed by atoms with Crippen molar-refractivity contribution in [1.29, 1.82) is 0 Å². The number of nitrogens with zero attached hydrogens (tertiary/aromatic N) is 4. The molecule has 4 nitrogen and oxygen atoms in total. The minimum atomic E-state index is 0.661. The number of hydrogen-bond donors (Lipinski definition) is 0. The Kier molecular flexibility index (Phi) is 5.84. The molecule has 3 heterocycles. The van der Waals surface area contributed by atoms with E-state index in [4.69, 9.17) is 9.97 Å². The van der Waals surface area contributed by atoms with Gasteiger partial charge in [0.15, 0.2) is 0 Å². The highest BCUT2D eigenvalue weighted by Crippen LogP contribution is 2.38. The van der Waals surface area contributed by atoms with Gasteiger partial charge in [-0.05, 0) is 64.4 Å². The number of fused-ring (bicyclic) bond motifs is 7. The van der Waals surface area contributed by atoms with E-state index in [0.717, 1.165) is 49.8 Å². The van der Waals surface area contributed by atoms with Gasteiger partial charge in [0.1, 0.15) is 0 Å². The van der Waals surface area contributed by atoms with E-state index in [0.29, 0.717) is 5.95 Å². The van der Waals surface area contributed by atoms with Gasteiger partial charge in [-0.2, -0.15) is 0 Å². The maximum absolute atomic E-state index is 5.37. The van der Waals surface area contributed by atoms with Crippen LogP contribution in [0.2, 0.25) is 0 Å². The Morgan fingerprint density at radius 2 is 1.12 bits per heavy atom. The average Bonchev–Trinajstić information content (AvgIpc) is 3.74. The largest absolute Gasteiger partial charge is 0.316 e. The minimum absolute atomic E-state index is 0.661. The fraction of sp³-hybridized carbons (Fsp3) is 0. The molecular formula is C44H28N4. The zero-order valence-corrected chi connectivity index (χ0v) is 26.0. The number of aromatic nitrogens is 4. The van der Waals surface area contributed by atoms with Gasteiger partial charge < -0.3 is 4.57 Å². The SMILES string of the molecule is c1ccc(-n2ccc3c2ccc2c4ccccc4n(-c4nc(-c5ccc(-c6ccc7ccccc7c6)cc5)c5ccccc5n4)c23)cc1. The van der Waals surface area contributed by atoms with Crippen LogP contribution < -0.4 is 0 Å². The molecule has 0 aliphatic rings. The van der Waals surface area contributed by atoms with E-state index in [-0.39, 0.29) is 0 Å². The summed E-state index contributed by atoms with van der Waals surface area (Å²) in [6.45, 7) is 0. The maximum atomic E-state index is 5.37. The molecule has 0 N–H and O–H groups in total. The van der Waals surface area contributed by atoms with Crippen LogP contribution in [0.3, 0.4) is 0 Å². The van der Waals surface area contributed by atoms with E-state index in [1.54, 1.807) is 0 Å². The summed E-state index contributed by atoms with van der Waals surface area (Å²) < 4.78 is 4.50. The van der Waals surface area contributed by atoms with Gasteiger partial charge in [0.25, 0.3) is 0 Å². The van der Waals surface area contributed by atoms with Gasteiger partial charge in [-0.3, -0.25) is 4.57 Å². The van der Waals surface area contributed by atoms with Crippen molar-refractivity contribution in [3.8, 4) is 34.0 Å². The summed E-state index contributed by atoms with van der Waals surface area (Å²) in [6.07, 6.45) is 2.16. The first kappa shape index (κ1) is 26.7. The number of hydrogen-bond acceptors (Lipinski definition) is 2. The lowest BCUT2D eigenvalue weighted by Gasteiger charge is -2.13. The summed E-state index contributed by atoms with van der Waals surface area (Å²) in [7, 11) is 0. The molecule has 4 heteroatoms. The van der Waals surface area contributed by atoms with Crippen molar-refractivity contribution in [2.45, 2.75) is 0 Å². The molecule has 3 aromatic heterocycles. The normalized spacial score (nSPS) is 11.8. The van der Waals surface area contributed by atoms with E-state index in [2.05, 4.69) is 179 Å². The summed E-state index contributed by atoms with van der Waals surface area (Å²) in [4.78, 5) is 10.6. The van der Waals surface area contributed by atoms with Crippen molar-refractivity contribution < 1.29 is 0 Å². The van der Waals surface area contributed by atoms with Gasteiger partial charge in [0, 0.05) is 39.0 Å². The summed E-state index contributed by atoms with van der Waals surface area (Å²) in [6, 6.07) is 58.0. The molecule has 0 amide bonds. The lowest BCUT2D eigenvalue weighted by molar-refractivity contribution is 1.02. The predicted molar refractivity (Wildman–Crippen MR) is 199 cm³/mol. The summed E-state index contributed by atoms with van der Waals surface area (Å²) in [5.74, 6) is 0.661. The average molecular weight is 613 g/mol. The van der Waals surface area contributed by atoms with Crippen molar-refractivity contribution in [3.63, 3.8) is 0 Å². The molecule has 10 aromatic rings. The first-order valence-corrected chi connectivity index (χ1v) is 16.3. The molecule has 0 atom stereocenters. The van der Waals surface area contributed by atoms with Crippen LogP contribution in [-0.2, 0) is 0 Å². The van der Waals surface area contributed by atoms with Gasteiger partial charge in [-0.25, -0.2) is 9.97 Å². The molecule has 10 rings (SSSR count). The van der Waals surface area contributed by atoms with E-state index < -0.39 is 0 Å². The van der Waals surface area contributed by atoms with E-state index >= 15 is 0 Å². The Hall–Kier alpha value is -6.52. The molecule has 0 bridgehead atoms. The molecule has 0 saturated carbocycles. The van der Waals surface area contributed by atoms with Crippen LogP contribution in [0.5, 0.6) is 0 Å². The van der Waals surface area contributed by atoms with Gasteiger partial charge in [0.05, 0.1) is 27.8 Å². The monoisotopic (exact) mass is 612 g/mol. The molecule has 48 heavy (non-hydrogen) atoms. The molecule has 0 radical (unpaired) electrons. The van der Waals surface area contributed by atoms with Gasteiger partial charge in [-0.15, -0.1) is 0 Å². The fourth-order valence-electron chi connectivity index (χ4n) is 7.27. The highest BCUT2D eigenvalue weighted by molar-refractivity contribution is 6.18. The third-order valence-corrected chi connectivity index (χ3v) is 9.57. The summed E-state index contributed by atoms with van der Waals surface area (Å²) >= 11 is 0. The Morgan fingerprint density at radius 3 is 2.00 bits per heavy atom. The molecule has 0 unspecified atom stereocenters. The molecular weight excluding hydrogens is 585 g/mol. The third kappa shape index (κ3) is 4.10. The molecule has 0 saturated heterocycles. The van der Waals surface area contributed by atoms with Gasteiger partial charge in [-0.1, -0.05) is 121 Å². The second-order valence-electron chi connectivity index (χ2n) is 12.3. The Balaban J connectivity index is 1.19. The first-order valence-electron chi connectivity index (χ1n) is 16.3. The summed E-state index contributed by atoms with van der Waals surface area (Å²) in [5, 5.41) is 7.04. The second-order valence-corrected chi connectivity index (χ2v) is 12.3. The minimum Gasteiger partial charge on any atom is -0.316 e. The van der Waals surface area contributed by atoms with Crippen LogP contribution in [-0.4, -0.2) is 19.1 Å². The molecule has 0 aliphatic heterocycles. The first-order chi connectivity index (χ1) is 23.8. The predicted octanol–water partition coefficient (Wildman–Crippen LogP) is 11.2. The lowest BCUT2D eigenvalue weighted by atomic mass is 9.99. The highest BCUT2D eigenvalue weighted by Gasteiger charge is 2.20. The second kappa shape index (κ2) is 10.5. The number of para-hydroxylation sites is 3. The highest BCUT2D eigenvalue weighted by atomic mass is 15.2. The zero-order valence-electron chi connectivity index (χ0n) is 26.0. The van der Waals surface area contributed by atoms with Gasteiger partial charge in [0.2, 0.25) is 5.95 Å². The molecule has 7 aromatic carbocycles. The summed E-state index contributed by atoms with van der Waals surface area (Å²) in [5.41, 5.74) is 9.73. The van der Waals surface area contributed by atoms with Crippen molar-refractivity contribution in [1.82, 2.24) is 19.1 Å². The van der Waals surface area contributed by atoms with Crippen LogP contribution in [0.15, 0.2) is 170 Å². The van der Waals surface area contributed by atoms with Crippen LogP contribution in [0, 0.1) is 0 Å². The smallest absolute Gasteiger partial charge is 0.235 e. The number of benzene rings is 7. The van der Waals surface area contributed by atoms with Crippen molar-refractivity contribution in [2.24, 2.45) is 0 Å². The Morgan fingerprint density at radius 1 is 0.417 bits per heavy atom. The van der Waals surface area contributed by atoms with Crippen LogP contribution in [0.25, 0.3) is 88.4 Å². The third-order valence-electron chi connectivity index (χ3n) is 9.57. The molecule has 0 fully saturated rings.